The van der Waals surface area contributed by atoms with Crippen molar-refractivity contribution < 1.29 is 22.4 Å². The maximum absolute atomic E-state index is 13.4. The molecule has 0 bridgehead atoms. The largest absolute Gasteiger partial charge is 0.416 e. The second-order valence-electron chi connectivity index (χ2n) is 6.95. The monoisotopic (exact) mass is 428 g/mol. The Morgan fingerprint density at radius 3 is 2.52 bits per heavy atom. The van der Waals surface area contributed by atoms with Crippen LogP contribution in [0.3, 0.4) is 0 Å². The summed E-state index contributed by atoms with van der Waals surface area (Å²) in [5.41, 5.74) is 1.26. The van der Waals surface area contributed by atoms with Gasteiger partial charge in [0.25, 0.3) is 5.91 Å². The third kappa shape index (κ3) is 4.25. The van der Waals surface area contributed by atoms with Crippen LogP contribution in [0, 0.1) is 5.82 Å². The van der Waals surface area contributed by atoms with Crippen LogP contribution in [0.5, 0.6) is 0 Å². The number of alkyl halides is 3. The van der Waals surface area contributed by atoms with Crippen molar-refractivity contribution >= 4 is 16.9 Å². The Bertz CT molecular complexity index is 1260. The average Bonchev–Trinajstić information content (AvgIpc) is 3.12. The molecule has 0 unspecified atom stereocenters. The number of pyridine rings is 1. The van der Waals surface area contributed by atoms with E-state index >= 15 is 0 Å². The van der Waals surface area contributed by atoms with Gasteiger partial charge in [0.2, 0.25) is 0 Å². The third-order valence-corrected chi connectivity index (χ3v) is 4.80. The Labute approximate surface area is 174 Å². The molecule has 1 N–H and O–H groups in total. The van der Waals surface area contributed by atoms with E-state index in [1.54, 1.807) is 19.2 Å². The Morgan fingerprint density at radius 1 is 1.10 bits per heavy atom. The molecule has 5 nitrogen and oxygen atoms in total. The van der Waals surface area contributed by atoms with Gasteiger partial charge in [-0.2, -0.15) is 18.3 Å². The van der Waals surface area contributed by atoms with Gasteiger partial charge < -0.3 is 5.32 Å². The fraction of sp³-hybridized carbons (Fsp3) is 0.136. The highest BCUT2D eigenvalue weighted by atomic mass is 19.4. The highest BCUT2D eigenvalue weighted by Gasteiger charge is 2.30. The lowest BCUT2D eigenvalue weighted by Crippen LogP contribution is -2.23. The van der Waals surface area contributed by atoms with E-state index in [0.29, 0.717) is 27.9 Å². The van der Waals surface area contributed by atoms with Gasteiger partial charge in [-0.3, -0.25) is 9.48 Å². The first-order valence-corrected chi connectivity index (χ1v) is 9.25. The molecule has 2 aromatic carbocycles. The second-order valence-corrected chi connectivity index (χ2v) is 6.95. The Morgan fingerprint density at radius 2 is 1.84 bits per heavy atom. The number of amides is 1. The van der Waals surface area contributed by atoms with E-state index in [9.17, 15) is 22.4 Å². The molecule has 0 aliphatic carbocycles. The first-order chi connectivity index (χ1) is 14.7. The van der Waals surface area contributed by atoms with Crippen molar-refractivity contribution in [1.82, 2.24) is 20.1 Å². The van der Waals surface area contributed by atoms with Gasteiger partial charge in [-0.05, 0) is 35.9 Å². The summed E-state index contributed by atoms with van der Waals surface area (Å²) in [6.07, 6.45) is -2.95. The molecule has 4 aromatic rings. The number of halogens is 4. The molecule has 2 aromatic heterocycles. The van der Waals surface area contributed by atoms with Gasteiger partial charge in [0.15, 0.2) is 5.65 Å². The molecular formula is C22H16F4N4O. The molecule has 0 aliphatic rings. The SMILES string of the molecule is Cn1ncc2c(C(=O)NCc3cccc(F)c3)cc(-c3ccc(C(F)(F)F)cc3)nc21. The van der Waals surface area contributed by atoms with Crippen molar-refractivity contribution in [3.63, 3.8) is 0 Å². The highest BCUT2D eigenvalue weighted by Crippen LogP contribution is 2.31. The van der Waals surface area contributed by atoms with Gasteiger partial charge in [-0.1, -0.05) is 24.3 Å². The molecule has 158 valence electrons. The number of nitrogens with one attached hydrogen (secondary N) is 1. The van der Waals surface area contributed by atoms with Crippen LogP contribution in [-0.2, 0) is 19.8 Å². The predicted molar refractivity (Wildman–Crippen MR) is 107 cm³/mol. The fourth-order valence-electron chi connectivity index (χ4n) is 3.20. The van der Waals surface area contributed by atoms with E-state index in [0.717, 1.165) is 12.1 Å². The fourth-order valence-corrected chi connectivity index (χ4v) is 3.20. The minimum absolute atomic E-state index is 0.107. The van der Waals surface area contributed by atoms with Gasteiger partial charge in [0, 0.05) is 19.2 Å². The third-order valence-electron chi connectivity index (χ3n) is 4.80. The molecule has 2 heterocycles. The number of aryl methyl sites for hydroxylation is 1. The maximum atomic E-state index is 13.4. The lowest BCUT2D eigenvalue weighted by molar-refractivity contribution is -0.137. The Kier molecular flexibility index (Phi) is 5.18. The van der Waals surface area contributed by atoms with Gasteiger partial charge in [-0.15, -0.1) is 0 Å². The quantitative estimate of drug-likeness (QED) is 0.479. The van der Waals surface area contributed by atoms with Crippen molar-refractivity contribution in [2.45, 2.75) is 12.7 Å². The van der Waals surface area contributed by atoms with Crippen molar-refractivity contribution in [2.24, 2.45) is 7.05 Å². The molecule has 0 radical (unpaired) electrons. The molecular weight excluding hydrogens is 412 g/mol. The van der Waals surface area contributed by atoms with Crippen LogP contribution in [0.4, 0.5) is 17.6 Å². The number of hydrogen-bond donors (Lipinski definition) is 1. The molecule has 4 rings (SSSR count). The Balaban J connectivity index is 1.69. The van der Waals surface area contributed by atoms with Crippen molar-refractivity contribution in [3.05, 3.63) is 83.3 Å². The summed E-state index contributed by atoms with van der Waals surface area (Å²) >= 11 is 0. The van der Waals surface area contributed by atoms with Crippen LogP contribution in [0.25, 0.3) is 22.3 Å². The lowest BCUT2D eigenvalue weighted by atomic mass is 10.0. The molecule has 0 spiro atoms. The summed E-state index contributed by atoms with van der Waals surface area (Å²) in [6.45, 7) is 0.107. The van der Waals surface area contributed by atoms with Crippen LogP contribution < -0.4 is 5.32 Å². The number of fused-ring (bicyclic) bond motifs is 1. The van der Waals surface area contributed by atoms with Crippen molar-refractivity contribution in [1.29, 1.82) is 0 Å². The minimum Gasteiger partial charge on any atom is -0.348 e. The smallest absolute Gasteiger partial charge is 0.348 e. The molecule has 0 atom stereocenters. The van der Waals surface area contributed by atoms with Gasteiger partial charge >= 0.3 is 6.18 Å². The van der Waals surface area contributed by atoms with Crippen molar-refractivity contribution in [2.75, 3.05) is 0 Å². The zero-order chi connectivity index (χ0) is 22.2. The number of nitrogens with zero attached hydrogens (tertiary/aromatic N) is 3. The van der Waals surface area contributed by atoms with E-state index in [4.69, 9.17) is 0 Å². The number of carbonyl (C=O) groups is 1. The van der Waals surface area contributed by atoms with Gasteiger partial charge in [0.05, 0.1) is 28.4 Å². The summed E-state index contributed by atoms with van der Waals surface area (Å²) in [6, 6.07) is 11.9. The molecule has 0 aliphatic heterocycles. The number of rotatable bonds is 4. The highest BCUT2D eigenvalue weighted by molar-refractivity contribution is 6.06. The number of hydrogen-bond acceptors (Lipinski definition) is 3. The molecule has 31 heavy (non-hydrogen) atoms. The predicted octanol–water partition coefficient (Wildman–Crippen LogP) is 4.72. The average molecular weight is 428 g/mol. The van der Waals surface area contributed by atoms with E-state index in [1.807, 2.05) is 0 Å². The zero-order valence-corrected chi connectivity index (χ0v) is 16.2. The first kappa shape index (κ1) is 20.5. The molecule has 1 amide bonds. The summed E-state index contributed by atoms with van der Waals surface area (Å²) in [5.74, 6) is -0.840. The number of benzene rings is 2. The molecule has 0 fully saturated rings. The summed E-state index contributed by atoms with van der Waals surface area (Å²) in [5, 5.41) is 7.35. The van der Waals surface area contributed by atoms with Crippen LogP contribution in [0.15, 0.2) is 60.8 Å². The van der Waals surface area contributed by atoms with Crippen LogP contribution in [-0.4, -0.2) is 20.7 Å². The van der Waals surface area contributed by atoms with Crippen LogP contribution in [0.1, 0.15) is 21.5 Å². The zero-order valence-electron chi connectivity index (χ0n) is 16.2. The molecule has 0 saturated heterocycles. The summed E-state index contributed by atoms with van der Waals surface area (Å²) < 4.78 is 53.4. The lowest BCUT2D eigenvalue weighted by Gasteiger charge is -2.10. The normalized spacial score (nSPS) is 11.6. The van der Waals surface area contributed by atoms with Gasteiger partial charge in [0.1, 0.15) is 5.82 Å². The van der Waals surface area contributed by atoms with Gasteiger partial charge in [-0.25, -0.2) is 9.37 Å². The summed E-state index contributed by atoms with van der Waals surface area (Å²) in [7, 11) is 1.65. The maximum Gasteiger partial charge on any atom is 0.416 e. The van der Waals surface area contributed by atoms with Crippen LogP contribution >= 0.6 is 0 Å². The number of aromatic nitrogens is 3. The molecule has 9 heteroatoms. The Hall–Kier alpha value is -3.75. The second kappa shape index (κ2) is 7.82. The van der Waals surface area contributed by atoms with E-state index < -0.39 is 23.5 Å². The topological polar surface area (TPSA) is 59.8 Å². The minimum atomic E-state index is -4.44. The van der Waals surface area contributed by atoms with E-state index in [-0.39, 0.29) is 12.1 Å². The van der Waals surface area contributed by atoms with Crippen molar-refractivity contribution in [3.8, 4) is 11.3 Å². The van der Waals surface area contributed by atoms with E-state index in [2.05, 4.69) is 15.4 Å². The first-order valence-electron chi connectivity index (χ1n) is 9.25. The standard InChI is InChI=1S/C22H16F4N4O/c1-30-20-18(12-28-30)17(21(31)27-11-13-3-2-4-16(23)9-13)10-19(29-20)14-5-7-15(8-6-14)22(24,25)26/h2-10,12H,11H2,1H3,(H,27,31). The molecule has 0 saturated carbocycles. The number of carbonyl (C=O) groups excluding carboxylic acids is 1. The van der Waals surface area contributed by atoms with E-state index in [1.165, 1.54) is 41.2 Å². The summed E-state index contributed by atoms with van der Waals surface area (Å²) in [4.78, 5) is 17.3. The van der Waals surface area contributed by atoms with Crippen LogP contribution in [0.2, 0.25) is 0 Å².